The molecule has 3 amide bonds. The highest BCUT2D eigenvalue weighted by atomic mass is 79.9. The maximum atomic E-state index is 13.1. The van der Waals surface area contributed by atoms with Gasteiger partial charge in [-0.25, -0.2) is 9.37 Å². The second kappa shape index (κ2) is 6.75. The number of amidine groups is 2. The van der Waals surface area contributed by atoms with Crippen molar-refractivity contribution < 1.29 is 19.0 Å². The predicted molar refractivity (Wildman–Crippen MR) is 101 cm³/mol. The minimum Gasteiger partial charge on any atom is -0.296 e. The Kier molecular flexibility index (Phi) is 4.79. The van der Waals surface area contributed by atoms with E-state index in [9.17, 15) is 14.4 Å². The summed E-state index contributed by atoms with van der Waals surface area (Å²) in [5.41, 5.74) is 2.99. The third kappa shape index (κ3) is 3.09. The van der Waals surface area contributed by atoms with E-state index >= 15 is 0 Å². The first-order valence-corrected chi connectivity index (χ1v) is 9.02. The smallest absolute Gasteiger partial charge is 0.296 e. The molecule has 0 radical (unpaired) electrons. The number of likely N-dealkylation sites (N-methyl/N-ethyl adjacent to an activating group) is 1. The van der Waals surface area contributed by atoms with Crippen LogP contribution in [0.1, 0.15) is 23.6 Å². The number of nitrogens with zero attached hydrogens (tertiary/aromatic N) is 4. The van der Waals surface area contributed by atoms with Crippen LogP contribution in [0.2, 0.25) is 0 Å². The van der Waals surface area contributed by atoms with E-state index in [2.05, 4.69) is 20.9 Å². The number of halogens is 1. The predicted octanol–water partition coefficient (Wildman–Crippen LogP) is 1.83. The Morgan fingerprint density at radius 2 is 2.00 bits per heavy atom. The molecule has 8 heteroatoms. The van der Waals surface area contributed by atoms with Crippen molar-refractivity contribution in [2.45, 2.75) is 33.4 Å². The van der Waals surface area contributed by atoms with Crippen LogP contribution in [-0.2, 0) is 16.1 Å². The molecular weight excluding hydrogens is 400 g/mol. The lowest BCUT2D eigenvalue weighted by atomic mass is 10.0. The first kappa shape index (κ1) is 18.4. The summed E-state index contributed by atoms with van der Waals surface area (Å²) in [5, 5.41) is 0. The fraction of sp³-hybridized carbons (Fsp3) is 0.389. The topological polar surface area (TPSA) is 73.1 Å². The lowest BCUT2D eigenvalue weighted by molar-refractivity contribution is -0.521. The maximum absolute atomic E-state index is 13.1. The lowest BCUT2D eigenvalue weighted by Gasteiger charge is -2.33. The molecule has 1 aromatic carbocycles. The van der Waals surface area contributed by atoms with Gasteiger partial charge in [0.05, 0.1) is 22.5 Å². The number of carbonyl (C=O) groups is 3. The van der Waals surface area contributed by atoms with Crippen molar-refractivity contribution in [1.82, 2.24) is 9.80 Å². The number of imide groups is 1. The van der Waals surface area contributed by atoms with Crippen LogP contribution in [0.15, 0.2) is 23.2 Å². The van der Waals surface area contributed by atoms with Crippen LogP contribution in [0, 0.1) is 13.8 Å². The summed E-state index contributed by atoms with van der Waals surface area (Å²) in [6.45, 7) is 5.60. The van der Waals surface area contributed by atoms with Crippen molar-refractivity contribution in [3.05, 3.63) is 34.9 Å². The van der Waals surface area contributed by atoms with Gasteiger partial charge in [-0.2, -0.15) is 0 Å². The van der Waals surface area contributed by atoms with E-state index in [1.165, 1.54) is 16.7 Å². The fourth-order valence-corrected chi connectivity index (χ4v) is 3.68. The third-order valence-corrected chi connectivity index (χ3v) is 5.22. The molecule has 2 heterocycles. The van der Waals surface area contributed by atoms with Crippen molar-refractivity contribution >= 4 is 44.2 Å². The Hall–Kier alpha value is -2.35. The number of ketones is 1. The molecule has 136 valence electrons. The monoisotopic (exact) mass is 419 g/mol. The second-order valence-corrected chi connectivity index (χ2v) is 7.38. The molecule has 1 aromatic rings. The number of fused-ring (bicyclic) bond motifs is 1. The number of aryl methyl sites for hydroxylation is 2. The fourth-order valence-electron chi connectivity index (χ4n) is 3.17. The molecule has 0 saturated carbocycles. The minimum absolute atomic E-state index is 0.0450. The SMILES string of the molecule is CC(=O)C[N+]1=C(Br)N=C2C1C(=O)N(Cc1cc(C)ccc1C)C(=O)N2C. The minimum atomic E-state index is -0.777. The van der Waals surface area contributed by atoms with Gasteiger partial charge in [0.1, 0.15) is 6.54 Å². The molecule has 2 aliphatic rings. The summed E-state index contributed by atoms with van der Waals surface area (Å²) in [7, 11) is 1.59. The highest BCUT2D eigenvalue weighted by Crippen LogP contribution is 2.24. The number of benzene rings is 1. The second-order valence-electron chi connectivity index (χ2n) is 6.67. The van der Waals surface area contributed by atoms with E-state index < -0.39 is 12.1 Å². The van der Waals surface area contributed by atoms with Gasteiger partial charge in [0, 0.05) is 7.05 Å². The quantitative estimate of drug-likeness (QED) is 0.551. The normalized spacial score (nSPS) is 19.9. The number of hydrogen-bond acceptors (Lipinski definition) is 4. The molecule has 7 nitrogen and oxygen atoms in total. The summed E-state index contributed by atoms with van der Waals surface area (Å²) in [5.74, 6) is -0.124. The Morgan fingerprint density at radius 3 is 2.65 bits per heavy atom. The summed E-state index contributed by atoms with van der Waals surface area (Å²) < 4.78 is 1.97. The molecule has 0 N–H and O–H groups in total. The summed E-state index contributed by atoms with van der Waals surface area (Å²) in [6, 6.07) is 4.75. The number of Topliss-reactive ketones (excluding diaryl/α,β-unsaturated/α-hetero) is 1. The zero-order valence-corrected chi connectivity index (χ0v) is 16.7. The van der Waals surface area contributed by atoms with Gasteiger partial charge in [-0.1, -0.05) is 23.8 Å². The molecule has 3 rings (SSSR count). The molecular formula is C18H20BrN4O3+. The van der Waals surface area contributed by atoms with Gasteiger partial charge in [-0.15, -0.1) is 0 Å². The average Bonchev–Trinajstić information content (AvgIpc) is 2.89. The number of amides is 3. The first-order valence-electron chi connectivity index (χ1n) is 8.23. The van der Waals surface area contributed by atoms with Crippen molar-refractivity contribution in [1.29, 1.82) is 0 Å². The molecule has 1 unspecified atom stereocenters. The van der Waals surface area contributed by atoms with E-state index in [1.54, 1.807) is 11.6 Å². The van der Waals surface area contributed by atoms with Gasteiger partial charge in [0.2, 0.25) is 0 Å². The van der Waals surface area contributed by atoms with E-state index in [-0.39, 0.29) is 24.8 Å². The van der Waals surface area contributed by atoms with Crippen LogP contribution in [-0.4, -0.2) is 62.3 Å². The van der Waals surface area contributed by atoms with E-state index in [4.69, 9.17) is 0 Å². The van der Waals surface area contributed by atoms with Crippen molar-refractivity contribution in [2.24, 2.45) is 4.99 Å². The number of urea groups is 1. The average molecular weight is 420 g/mol. The number of aliphatic imine (C=N–C) groups is 1. The Labute approximate surface area is 160 Å². The molecule has 1 fully saturated rings. The zero-order valence-electron chi connectivity index (χ0n) is 15.1. The summed E-state index contributed by atoms with van der Waals surface area (Å²) in [4.78, 5) is 44.3. The van der Waals surface area contributed by atoms with Gasteiger partial charge >= 0.3 is 10.8 Å². The highest BCUT2D eigenvalue weighted by Gasteiger charge is 2.53. The van der Waals surface area contributed by atoms with E-state index in [0.29, 0.717) is 10.6 Å². The zero-order chi connectivity index (χ0) is 19.2. The van der Waals surface area contributed by atoms with E-state index in [1.807, 2.05) is 32.0 Å². The first-order chi connectivity index (χ1) is 12.2. The molecule has 26 heavy (non-hydrogen) atoms. The highest BCUT2D eigenvalue weighted by molar-refractivity contribution is 9.18. The number of carbonyl (C=O) groups excluding carboxylic acids is 3. The van der Waals surface area contributed by atoms with Crippen LogP contribution < -0.4 is 0 Å². The van der Waals surface area contributed by atoms with Gasteiger partial charge in [-0.3, -0.25) is 19.4 Å². The third-order valence-electron chi connectivity index (χ3n) is 4.59. The van der Waals surface area contributed by atoms with Crippen molar-refractivity contribution in [3.8, 4) is 0 Å². The lowest BCUT2D eigenvalue weighted by Crippen LogP contribution is -2.62. The Morgan fingerprint density at radius 1 is 1.31 bits per heavy atom. The van der Waals surface area contributed by atoms with Crippen LogP contribution >= 0.6 is 15.9 Å². The molecule has 1 atom stereocenters. The number of hydrogen-bond donors (Lipinski definition) is 0. The van der Waals surface area contributed by atoms with E-state index in [0.717, 1.165) is 16.7 Å². The Bertz CT molecular complexity index is 890. The van der Waals surface area contributed by atoms with Gasteiger partial charge in [0.25, 0.3) is 17.8 Å². The summed E-state index contributed by atoms with van der Waals surface area (Å²) >= 11 is 3.30. The maximum Gasteiger partial charge on any atom is 0.365 e. The van der Waals surface area contributed by atoms with Gasteiger partial charge in [0.15, 0.2) is 5.78 Å². The molecule has 0 aliphatic carbocycles. The van der Waals surface area contributed by atoms with Crippen molar-refractivity contribution in [2.75, 3.05) is 13.6 Å². The molecule has 0 aromatic heterocycles. The van der Waals surface area contributed by atoms with Crippen molar-refractivity contribution in [3.63, 3.8) is 0 Å². The molecule has 0 spiro atoms. The van der Waals surface area contributed by atoms with Crippen LogP contribution in [0.5, 0.6) is 0 Å². The molecule has 1 saturated heterocycles. The Balaban J connectivity index is 1.97. The van der Waals surface area contributed by atoms with Crippen LogP contribution in [0.25, 0.3) is 0 Å². The summed E-state index contributed by atoms with van der Waals surface area (Å²) in [6.07, 6.45) is 0. The van der Waals surface area contributed by atoms with Gasteiger partial charge in [-0.05, 0) is 36.9 Å². The standard InChI is InChI=1S/C18H20BrN4O3/c1-10-5-6-11(2)13(7-10)9-23-16(25)14-15(21(4)18(23)26)20-17(19)22(14)8-12(3)24/h5-7,14H,8-9H2,1-4H3/q+1. The van der Waals surface area contributed by atoms with Crippen LogP contribution in [0.4, 0.5) is 4.79 Å². The van der Waals surface area contributed by atoms with Gasteiger partial charge < -0.3 is 0 Å². The molecule has 0 bridgehead atoms. The van der Waals surface area contributed by atoms with Crippen LogP contribution in [0.3, 0.4) is 0 Å². The largest absolute Gasteiger partial charge is 0.365 e. The number of rotatable bonds is 4. The molecule has 2 aliphatic heterocycles.